The molecule has 2 aromatic carbocycles. The molecule has 2 aromatic rings. The molecule has 0 aliphatic carbocycles. The third-order valence-corrected chi connectivity index (χ3v) is 3.81. The SMILES string of the molecule is O=C(CCCc1ccc(Br)cc1Cl)c1ccccc1. The molecule has 0 saturated carbocycles. The Morgan fingerprint density at radius 2 is 1.84 bits per heavy atom. The summed E-state index contributed by atoms with van der Waals surface area (Å²) in [5.41, 5.74) is 1.87. The Bertz CT molecular complexity index is 566. The van der Waals surface area contributed by atoms with E-state index in [1.807, 2.05) is 48.5 Å². The summed E-state index contributed by atoms with van der Waals surface area (Å²) in [6.07, 6.45) is 2.19. The van der Waals surface area contributed by atoms with E-state index in [0.29, 0.717) is 6.42 Å². The smallest absolute Gasteiger partial charge is 0.162 e. The minimum Gasteiger partial charge on any atom is -0.294 e. The molecular formula is C16H14BrClO. The van der Waals surface area contributed by atoms with E-state index in [0.717, 1.165) is 33.5 Å². The van der Waals surface area contributed by atoms with E-state index in [4.69, 9.17) is 11.6 Å². The summed E-state index contributed by atoms with van der Waals surface area (Å²) in [6.45, 7) is 0. The second kappa shape index (κ2) is 6.88. The Morgan fingerprint density at radius 1 is 1.11 bits per heavy atom. The molecule has 0 bridgehead atoms. The van der Waals surface area contributed by atoms with Gasteiger partial charge in [0.2, 0.25) is 0 Å². The van der Waals surface area contributed by atoms with Gasteiger partial charge in [0.05, 0.1) is 0 Å². The zero-order valence-corrected chi connectivity index (χ0v) is 12.7. The number of Topliss-reactive ketones (excluding diaryl/α,β-unsaturated/α-hetero) is 1. The summed E-state index contributed by atoms with van der Waals surface area (Å²) >= 11 is 9.53. The third kappa shape index (κ3) is 4.19. The van der Waals surface area contributed by atoms with Crippen molar-refractivity contribution >= 4 is 33.3 Å². The van der Waals surface area contributed by atoms with E-state index in [9.17, 15) is 4.79 Å². The van der Waals surface area contributed by atoms with Crippen molar-refractivity contribution in [3.05, 3.63) is 69.2 Å². The highest BCUT2D eigenvalue weighted by atomic mass is 79.9. The normalized spacial score (nSPS) is 10.4. The topological polar surface area (TPSA) is 17.1 Å². The lowest BCUT2D eigenvalue weighted by Crippen LogP contribution is -1.99. The van der Waals surface area contributed by atoms with Crippen molar-refractivity contribution in [2.45, 2.75) is 19.3 Å². The second-order valence-corrected chi connectivity index (χ2v) is 5.70. The third-order valence-electron chi connectivity index (χ3n) is 2.96. The summed E-state index contributed by atoms with van der Waals surface area (Å²) in [5, 5.41) is 0.751. The summed E-state index contributed by atoms with van der Waals surface area (Å²) in [7, 11) is 0. The van der Waals surface area contributed by atoms with Gasteiger partial charge in [0.25, 0.3) is 0 Å². The first-order valence-corrected chi connectivity index (χ1v) is 7.36. The lowest BCUT2D eigenvalue weighted by Gasteiger charge is -2.05. The number of halogens is 2. The van der Waals surface area contributed by atoms with Gasteiger partial charge in [0, 0.05) is 21.5 Å². The Hall–Kier alpha value is -1.12. The van der Waals surface area contributed by atoms with Crippen molar-refractivity contribution in [1.82, 2.24) is 0 Å². The first-order chi connectivity index (χ1) is 9.16. The average molecular weight is 338 g/mol. The number of hydrogen-bond acceptors (Lipinski definition) is 1. The zero-order chi connectivity index (χ0) is 13.7. The summed E-state index contributed by atoms with van der Waals surface area (Å²) in [4.78, 5) is 11.9. The van der Waals surface area contributed by atoms with Crippen molar-refractivity contribution in [2.24, 2.45) is 0 Å². The van der Waals surface area contributed by atoms with Gasteiger partial charge < -0.3 is 0 Å². The lowest BCUT2D eigenvalue weighted by molar-refractivity contribution is 0.0980. The molecule has 0 aromatic heterocycles. The maximum absolute atomic E-state index is 11.9. The number of hydrogen-bond donors (Lipinski definition) is 0. The molecule has 0 amide bonds. The highest BCUT2D eigenvalue weighted by molar-refractivity contribution is 9.10. The molecule has 0 aliphatic heterocycles. The summed E-state index contributed by atoms with van der Waals surface area (Å²) in [6, 6.07) is 15.3. The van der Waals surface area contributed by atoms with Crippen molar-refractivity contribution < 1.29 is 4.79 Å². The van der Waals surface area contributed by atoms with Crippen LogP contribution in [0.1, 0.15) is 28.8 Å². The van der Waals surface area contributed by atoms with Crippen LogP contribution in [0.25, 0.3) is 0 Å². The monoisotopic (exact) mass is 336 g/mol. The quantitative estimate of drug-likeness (QED) is 0.676. The van der Waals surface area contributed by atoms with Gasteiger partial charge in [-0.2, -0.15) is 0 Å². The molecule has 0 saturated heterocycles. The van der Waals surface area contributed by atoms with Crippen LogP contribution in [0.4, 0.5) is 0 Å². The van der Waals surface area contributed by atoms with Gasteiger partial charge in [0.15, 0.2) is 5.78 Å². The van der Waals surface area contributed by atoms with Crippen LogP contribution in [0.2, 0.25) is 5.02 Å². The van der Waals surface area contributed by atoms with Gasteiger partial charge in [-0.15, -0.1) is 0 Å². The fourth-order valence-corrected chi connectivity index (χ4v) is 2.70. The predicted molar refractivity (Wildman–Crippen MR) is 82.9 cm³/mol. The number of aryl methyl sites for hydroxylation is 1. The molecule has 0 aliphatic rings. The molecule has 0 fully saturated rings. The fraction of sp³-hybridized carbons (Fsp3) is 0.188. The minimum atomic E-state index is 0.189. The van der Waals surface area contributed by atoms with E-state index >= 15 is 0 Å². The largest absolute Gasteiger partial charge is 0.294 e. The molecule has 0 spiro atoms. The molecule has 98 valence electrons. The van der Waals surface area contributed by atoms with Gasteiger partial charge in [0.1, 0.15) is 0 Å². The maximum atomic E-state index is 11.9. The zero-order valence-electron chi connectivity index (χ0n) is 10.4. The van der Waals surface area contributed by atoms with E-state index < -0.39 is 0 Å². The Morgan fingerprint density at radius 3 is 2.53 bits per heavy atom. The minimum absolute atomic E-state index is 0.189. The lowest BCUT2D eigenvalue weighted by atomic mass is 10.0. The Labute approximate surface area is 126 Å². The summed E-state index contributed by atoms with van der Waals surface area (Å²) < 4.78 is 0.974. The van der Waals surface area contributed by atoms with E-state index in [2.05, 4.69) is 15.9 Å². The molecular weight excluding hydrogens is 324 g/mol. The van der Waals surface area contributed by atoms with Gasteiger partial charge in [-0.05, 0) is 30.5 Å². The van der Waals surface area contributed by atoms with Gasteiger partial charge in [-0.3, -0.25) is 4.79 Å². The van der Waals surface area contributed by atoms with Gasteiger partial charge in [-0.1, -0.05) is 63.9 Å². The van der Waals surface area contributed by atoms with Crippen molar-refractivity contribution in [3.63, 3.8) is 0 Å². The predicted octanol–water partition coefficient (Wildman–Crippen LogP) is 5.31. The molecule has 0 heterocycles. The van der Waals surface area contributed by atoms with Gasteiger partial charge >= 0.3 is 0 Å². The first kappa shape index (κ1) is 14.3. The van der Waals surface area contributed by atoms with Crippen LogP contribution in [0.15, 0.2) is 53.0 Å². The number of benzene rings is 2. The molecule has 0 radical (unpaired) electrons. The number of rotatable bonds is 5. The highest BCUT2D eigenvalue weighted by Gasteiger charge is 2.06. The maximum Gasteiger partial charge on any atom is 0.162 e. The number of carbonyl (C=O) groups is 1. The molecule has 1 nitrogen and oxygen atoms in total. The average Bonchev–Trinajstić information content (AvgIpc) is 2.42. The van der Waals surface area contributed by atoms with E-state index in [-0.39, 0.29) is 5.78 Å². The van der Waals surface area contributed by atoms with Crippen molar-refractivity contribution in [1.29, 1.82) is 0 Å². The second-order valence-electron chi connectivity index (χ2n) is 4.38. The summed E-state index contributed by atoms with van der Waals surface area (Å²) in [5.74, 6) is 0.189. The molecule has 0 unspecified atom stereocenters. The highest BCUT2D eigenvalue weighted by Crippen LogP contribution is 2.23. The van der Waals surface area contributed by atoms with Crippen LogP contribution in [-0.2, 0) is 6.42 Å². The van der Waals surface area contributed by atoms with Crippen molar-refractivity contribution in [3.8, 4) is 0 Å². The first-order valence-electron chi connectivity index (χ1n) is 6.19. The number of ketones is 1. The standard InChI is InChI=1S/C16H14BrClO/c17-14-10-9-12(15(18)11-14)7-4-8-16(19)13-5-2-1-3-6-13/h1-3,5-6,9-11H,4,7-8H2. The molecule has 19 heavy (non-hydrogen) atoms. The van der Waals surface area contributed by atoms with E-state index in [1.54, 1.807) is 0 Å². The molecule has 0 atom stereocenters. The van der Waals surface area contributed by atoms with Crippen LogP contribution in [-0.4, -0.2) is 5.78 Å². The number of carbonyl (C=O) groups excluding carboxylic acids is 1. The van der Waals surface area contributed by atoms with Crippen LogP contribution in [0.5, 0.6) is 0 Å². The fourth-order valence-electron chi connectivity index (χ4n) is 1.93. The van der Waals surface area contributed by atoms with E-state index in [1.165, 1.54) is 0 Å². The van der Waals surface area contributed by atoms with Gasteiger partial charge in [-0.25, -0.2) is 0 Å². The van der Waals surface area contributed by atoms with Crippen LogP contribution in [0.3, 0.4) is 0 Å². The van der Waals surface area contributed by atoms with Crippen LogP contribution >= 0.6 is 27.5 Å². The van der Waals surface area contributed by atoms with Crippen molar-refractivity contribution in [2.75, 3.05) is 0 Å². The van der Waals surface area contributed by atoms with Crippen LogP contribution in [0, 0.1) is 0 Å². The molecule has 0 N–H and O–H groups in total. The molecule has 2 rings (SSSR count). The Kier molecular flexibility index (Phi) is 5.17. The van der Waals surface area contributed by atoms with Crippen LogP contribution < -0.4 is 0 Å². The Balaban J connectivity index is 1.88. The molecule has 3 heteroatoms.